The molecule has 0 aliphatic heterocycles. The first kappa shape index (κ1) is 16.3. The van der Waals surface area contributed by atoms with Gasteiger partial charge in [0.1, 0.15) is 0 Å². The fraction of sp³-hybridized carbons (Fsp3) is 0.562. The highest BCUT2D eigenvalue weighted by Gasteiger charge is 2.18. The van der Waals surface area contributed by atoms with Crippen LogP contribution in [0.4, 0.5) is 0 Å². The molecular weight excluding hydrogens is 278 g/mol. The third kappa shape index (κ3) is 3.75. The summed E-state index contributed by atoms with van der Waals surface area (Å²) in [7, 11) is 0. The molecule has 0 aromatic carbocycles. The summed E-state index contributed by atoms with van der Waals surface area (Å²) in [6, 6.07) is 1.87. The number of hydrogen-bond donors (Lipinski definition) is 1. The SMILES string of the molecule is CCn1nc(C)c([C@H](C)NC(=O)CCCn2cccn2)c1C. The maximum Gasteiger partial charge on any atom is 0.220 e. The lowest BCUT2D eigenvalue weighted by molar-refractivity contribution is -0.121. The largest absolute Gasteiger partial charge is 0.349 e. The minimum absolute atomic E-state index is 0.0162. The number of carbonyl (C=O) groups is 1. The van der Waals surface area contributed by atoms with E-state index in [1.807, 2.05) is 35.5 Å². The first-order chi connectivity index (χ1) is 10.5. The summed E-state index contributed by atoms with van der Waals surface area (Å²) in [5, 5.41) is 11.7. The zero-order chi connectivity index (χ0) is 16.1. The van der Waals surface area contributed by atoms with Gasteiger partial charge in [-0.15, -0.1) is 0 Å². The van der Waals surface area contributed by atoms with Gasteiger partial charge < -0.3 is 5.32 Å². The molecule has 22 heavy (non-hydrogen) atoms. The van der Waals surface area contributed by atoms with Gasteiger partial charge in [-0.3, -0.25) is 14.2 Å². The van der Waals surface area contributed by atoms with Gasteiger partial charge in [0.2, 0.25) is 5.91 Å². The number of nitrogens with zero attached hydrogens (tertiary/aromatic N) is 4. The smallest absolute Gasteiger partial charge is 0.220 e. The Bertz CT molecular complexity index is 615. The molecule has 0 unspecified atom stereocenters. The third-order valence-corrected chi connectivity index (χ3v) is 3.90. The highest BCUT2D eigenvalue weighted by Crippen LogP contribution is 2.21. The molecule has 0 saturated carbocycles. The minimum Gasteiger partial charge on any atom is -0.349 e. The van der Waals surface area contributed by atoms with E-state index >= 15 is 0 Å². The molecule has 6 heteroatoms. The molecule has 0 fully saturated rings. The van der Waals surface area contributed by atoms with Crippen molar-refractivity contribution in [1.29, 1.82) is 0 Å². The normalized spacial score (nSPS) is 12.4. The summed E-state index contributed by atoms with van der Waals surface area (Å²) in [5.74, 6) is 0.0719. The number of aromatic nitrogens is 4. The van der Waals surface area contributed by atoms with E-state index in [1.54, 1.807) is 6.20 Å². The Kier molecular flexibility index (Phi) is 5.35. The van der Waals surface area contributed by atoms with Crippen molar-refractivity contribution >= 4 is 5.91 Å². The van der Waals surface area contributed by atoms with Crippen molar-refractivity contribution in [2.24, 2.45) is 0 Å². The standard InChI is InChI=1S/C16H25N5O/c1-5-21-14(4)16(13(3)19-21)12(2)18-15(22)8-6-10-20-11-7-9-17-20/h7,9,11-12H,5-6,8,10H2,1-4H3,(H,18,22)/t12-/m0/s1. The molecule has 2 rings (SSSR count). The first-order valence-corrected chi connectivity index (χ1v) is 7.83. The number of aryl methyl sites for hydroxylation is 3. The van der Waals surface area contributed by atoms with E-state index in [9.17, 15) is 4.79 Å². The molecule has 0 radical (unpaired) electrons. The van der Waals surface area contributed by atoms with E-state index in [1.165, 1.54) is 0 Å². The van der Waals surface area contributed by atoms with Gasteiger partial charge in [-0.25, -0.2) is 0 Å². The molecule has 0 saturated heterocycles. The fourth-order valence-corrected chi connectivity index (χ4v) is 2.87. The molecular formula is C16H25N5O. The van der Waals surface area contributed by atoms with E-state index in [0.717, 1.165) is 36.5 Å². The number of rotatable bonds is 7. The average molecular weight is 303 g/mol. The van der Waals surface area contributed by atoms with E-state index in [4.69, 9.17) is 0 Å². The van der Waals surface area contributed by atoms with Gasteiger partial charge in [0, 0.05) is 43.2 Å². The van der Waals surface area contributed by atoms with Crippen LogP contribution < -0.4 is 5.32 Å². The highest BCUT2D eigenvalue weighted by atomic mass is 16.1. The summed E-state index contributed by atoms with van der Waals surface area (Å²) in [6.45, 7) is 9.75. The topological polar surface area (TPSA) is 64.7 Å². The molecule has 6 nitrogen and oxygen atoms in total. The Morgan fingerprint density at radius 1 is 1.41 bits per heavy atom. The van der Waals surface area contributed by atoms with Crippen LogP contribution in [-0.2, 0) is 17.9 Å². The number of amides is 1. The van der Waals surface area contributed by atoms with Crippen molar-refractivity contribution in [2.45, 2.75) is 59.7 Å². The zero-order valence-corrected chi connectivity index (χ0v) is 13.8. The number of carbonyl (C=O) groups excluding carboxylic acids is 1. The molecule has 2 aromatic heterocycles. The van der Waals surface area contributed by atoms with Crippen LogP contribution in [-0.4, -0.2) is 25.5 Å². The van der Waals surface area contributed by atoms with Crippen LogP contribution in [0.2, 0.25) is 0 Å². The van der Waals surface area contributed by atoms with Crippen molar-refractivity contribution < 1.29 is 4.79 Å². The van der Waals surface area contributed by atoms with Crippen molar-refractivity contribution in [3.05, 3.63) is 35.4 Å². The first-order valence-electron chi connectivity index (χ1n) is 7.83. The Hall–Kier alpha value is -2.11. The van der Waals surface area contributed by atoms with Crippen LogP contribution in [0.5, 0.6) is 0 Å². The zero-order valence-electron chi connectivity index (χ0n) is 13.8. The monoisotopic (exact) mass is 303 g/mol. The molecule has 120 valence electrons. The fourth-order valence-electron chi connectivity index (χ4n) is 2.87. The Labute approximate surface area is 131 Å². The molecule has 0 aliphatic carbocycles. The predicted octanol–water partition coefficient (Wildman–Crippen LogP) is 2.37. The Morgan fingerprint density at radius 3 is 2.77 bits per heavy atom. The molecule has 1 atom stereocenters. The average Bonchev–Trinajstić information content (AvgIpc) is 3.06. The predicted molar refractivity (Wildman–Crippen MR) is 85.4 cm³/mol. The van der Waals surface area contributed by atoms with Gasteiger partial charge in [-0.05, 0) is 40.2 Å². The number of hydrogen-bond acceptors (Lipinski definition) is 3. The lowest BCUT2D eigenvalue weighted by Gasteiger charge is -2.15. The van der Waals surface area contributed by atoms with Crippen LogP contribution in [0.25, 0.3) is 0 Å². The Balaban J connectivity index is 1.87. The third-order valence-electron chi connectivity index (χ3n) is 3.90. The lowest BCUT2D eigenvalue weighted by Crippen LogP contribution is -2.27. The summed E-state index contributed by atoms with van der Waals surface area (Å²) < 4.78 is 3.82. The second-order valence-corrected chi connectivity index (χ2v) is 5.56. The molecule has 1 amide bonds. The van der Waals surface area contributed by atoms with E-state index in [0.29, 0.717) is 6.42 Å². The van der Waals surface area contributed by atoms with Crippen LogP contribution in [0, 0.1) is 13.8 Å². The molecule has 0 aliphatic rings. The van der Waals surface area contributed by atoms with Crippen LogP contribution in [0.1, 0.15) is 49.7 Å². The molecule has 2 heterocycles. The number of nitrogens with one attached hydrogen (secondary N) is 1. The van der Waals surface area contributed by atoms with Gasteiger partial charge in [0.15, 0.2) is 0 Å². The summed E-state index contributed by atoms with van der Waals surface area (Å²) in [5.41, 5.74) is 3.25. The van der Waals surface area contributed by atoms with Crippen LogP contribution >= 0.6 is 0 Å². The molecule has 0 spiro atoms. The summed E-state index contributed by atoms with van der Waals surface area (Å²) in [6.07, 6.45) is 4.95. The van der Waals surface area contributed by atoms with Crippen molar-refractivity contribution in [3.63, 3.8) is 0 Å². The maximum absolute atomic E-state index is 12.1. The molecule has 1 N–H and O–H groups in total. The van der Waals surface area contributed by atoms with Crippen LogP contribution in [0.15, 0.2) is 18.5 Å². The van der Waals surface area contributed by atoms with Gasteiger partial charge in [-0.1, -0.05) is 0 Å². The highest BCUT2D eigenvalue weighted by molar-refractivity contribution is 5.76. The van der Waals surface area contributed by atoms with E-state index in [2.05, 4.69) is 29.4 Å². The Morgan fingerprint density at radius 2 is 2.18 bits per heavy atom. The van der Waals surface area contributed by atoms with Gasteiger partial charge in [0.05, 0.1) is 11.7 Å². The van der Waals surface area contributed by atoms with Gasteiger partial charge in [0.25, 0.3) is 0 Å². The van der Waals surface area contributed by atoms with E-state index in [-0.39, 0.29) is 11.9 Å². The minimum atomic E-state index is -0.0162. The van der Waals surface area contributed by atoms with E-state index < -0.39 is 0 Å². The van der Waals surface area contributed by atoms with Crippen molar-refractivity contribution in [3.8, 4) is 0 Å². The lowest BCUT2D eigenvalue weighted by atomic mass is 10.1. The van der Waals surface area contributed by atoms with Crippen molar-refractivity contribution in [2.75, 3.05) is 0 Å². The molecule has 2 aromatic rings. The quantitative estimate of drug-likeness (QED) is 0.854. The van der Waals surface area contributed by atoms with Crippen LogP contribution in [0.3, 0.4) is 0 Å². The second-order valence-electron chi connectivity index (χ2n) is 5.56. The summed E-state index contributed by atoms with van der Waals surface area (Å²) >= 11 is 0. The van der Waals surface area contributed by atoms with Crippen molar-refractivity contribution in [1.82, 2.24) is 24.9 Å². The summed E-state index contributed by atoms with van der Waals surface area (Å²) in [4.78, 5) is 12.1. The molecule has 0 bridgehead atoms. The maximum atomic E-state index is 12.1. The van der Waals surface area contributed by atoms with Gasteiger partial charge >= 0.3 is 0 Å². The van der Waals surface area contributed by atoms with Gasteiger partial charge in [-0.2, -0.15) is 10.2 Å². The second kappa shape index (κ2) is 7.24.